The highest BCUT2D eigenvalue weighted by Crippen LogP contribution is 2.36. The van der Waals surface area contributed by atoms with Crippen molar-refractivity contribution in [2.24, 2.45) is 5.73 Å². The van der Waals surface area contributed by atoms with Gasteiger partial charge in [0, 0.05) is 5.59 Å². The minimum absolute atomic E-state index is 0.0466. The molecule has 0 radical (unpaired) electrons. The molecule has 1 unspecified atom stereocenters. The van der Waals surface area contributed by atoms with Crippen molar-refractivity contribution in [1.29, 1.82) is 0 Å². The largest absolute Gasteiger partial charge is 0.489 e. The van der Waals surface area contributed by atoms with Crippen LogP contribution >= 0.6 is 11.6 Å². The Morgan fingerprint density at radius 1 is 1.20 bits per heavy atom. The molecule has 11 heteroatoms. The lowest BCUT2D eigenvalue weighted by Crippen LogP contribution is -2.35. The van der Waals surface area contributed by atoms with Gasteiger partial charge in [-0.05, 0) is 74.9 Å². The van der Waals surface area contributed by atoms with Crippen LogP contribution in [-0.2, 0) is 16.4 Å². The van der Waals surface area contributed by atoms with Gasteiger partial charge in [-0.25, -0.2) is 18.4 Å². The number of nitrogens with zero attached hydrogens (tertiary/aromatic N) is 2. The molecule has 1 heterocycles. The van der Waals surface area contributed by atoms with Crippen molar-refractivity contribution in [3.63, 3.8) is 0 Å². The van der Waals surface area contributed by atoms with E-state index in [1.165, 1.54) is 11.8 Å². The Labute approximate surface area is 243 Å². The quantitative estimate of drug-likeness (QED) is 0.243. The summed E-state index contributed by atoms with van der Waals surface area (Å²) in [5.41, 5.74) is 10.3. The molecule has 0 fully saturated rings. The normalized spacial score (nSPS) is 12.4. The Morgan fingerprint density at radius 3 is 2.58 bits per heavy atom. The van der Waals surface area contributed by atoms with Crippen LogP contribution in [0.3, 0.4) is 0 Å². The summed E-state index contributed by atoms with van der Waals surface area (Å²) >= 11 is 6.48. The number of rotatable bonds is 14. The molecular weight excluding hydrogens is 547 g/mol. The molecule has 4 N–H and O–H groups in total. The highest BCUT2D eigenvalue weighted by atomic mass is 35.5. The van der Waals surface area contributed by atoms with Gasteiger partial charge >= 0.3 is 0 Å². The van der Waals surface area contributed by atoms with Crippen LogP contribution in [0.4, 0.5) is 11.6 Å². The highest BCUT2D eigenvalue weighted by Gasteiger charge is 2.23. The average molecular weight is 587 g/mol. The molecule has 0 aliphatic rings. The Balaban J connectivity index is 2.02. The molecule has 1 atom stereocenters. The van der Waals surface area contributed by atoms with Gasteiger partial charge in [-0.1, -0.05) is 55.5 Å². The van der Waals surface area contributed by atoms with Crippen LogP contribution in [0.5, 0.6) is 5.75 Å². The van der Waals surface area contributed by atoms with Crippen LogP contribution in [0.2, 0.25) is 5.02 Å². The Kier molecular flexibility index (Phi) is 11.4. The second-order valence-electron chi connectivity index (χ2n) is 10.2. The molecule has 2 aromatic carbocycles. The number of aliphatic hydroxyl groups excluding tert-OH is 1. The zero-order valence-corrected chi connectivity index (χ0v) is 25.6. The first-order chi connectivity index (χ1) is 19.0. The third-order valence-corrected chi connectivity index (χ3v) is 9.01. The molecule has 0 bridgehead atoms. The van der Waals surface area contributed by atoms with Gasteiger partial charge in [0.15, 0.2) is 9.84 Å². The van der Waals surface area contributed by atoms with Gasteiger partial charge in [-0.3, -0.25) is 0 Å². The van der Waals surface area contributed by atoms with Gasteiger partial charge in [0.1, 0.15) is 5.75 Å². The smallest absolute Gasteiger partial charge is 0.226 e. The third kappa shape index (κ3) is 7.75. The molecular formula is C29H40BClN4O4S. The Bertz CT molecular complexity index is 1410. The van der Waals surface area contributed by atoms with E-state index in [4.69, 9.17) is 22.1 Å². The number of nitrogens with two attached hydrogens (primary N) is 1. The summed E-state index contributed by atoms with van der Waals surface area (Å²) in [6.45, 7) is 10.0. The zero-order valence-electron chi connectivity index (χ0n) is 24.0. The summed E-state index contributed by atoms with van der Waals surface area (Å²) < 4.78 is 32.0. The fourth-order valence-electron chi connectivity index (χ4n) is 4.93. The highest BCUT2D eigenvalue weighted by molar-refractivity contribution is 7.91. The van der Waals surface area contributed by atoms with Gasteiger partial charge < -0.3 is 20.9 Å². The number of hydrogen-bond acceptors (Lipinski definition) is 8. The average Bonchev–Trinajstić information content (AvgIpc) is 2.91. The van der Waals surface area contributed by atoms with Crippen molar-refractivity contribution in [2.75, 3.05) is 17.6 Å². The number of ether oxygens (including phenoxy) is 1. The van der Waals surface area contributed by atoms with E-state index in [-0.39, 0.29) is 30.6 Å². The summed E-state index contributed by atoms with van der Waals surface area (Å²) in [6, 6.07) is 9.19. The number of anilines is 2. The minimum Gasteiger partial charge on any atom is -0.489 e. The lowest BCUT2D eigenvalue weighted by atomic mass is 9.66. The Morgan fingerprint density at radius 2 is 1.95 bits per heavy atom. The maximum atomic E-state index is 12.9. The SMILES string of the molecule is CCCC(CCN)c1cc(OC(C)C)c(Nc2ncc(Cl)c(Bc3cccc(CO)c3S(=O)(=O)CC)n2)cc1C. The third-order valence-electron chi connectivity index (χ3n) is 6.78. The van der Waals surface area contributed by atoms with Crippen molar-refractivity contribution in [1.82, 2.24) is 9.97 Å². The molecule has 0 saturated heterocycles. The number of halogens is 1. The summed E-state index contributed by atoms with van der Waals surface area (Å²) in [5, 5.41) is 13.4. The van der Waals surface area contributed by atoms with Crippen LogP contribution in [0.25, 0.3) is 0 Å². The van der Waals surface area contributed by atoms with E-state index >= 15 is 0 Å². The number of benzene rings is 2. The summed E-state index contributed by atoms with van der Waals surface area (Å²) in [7, 11) is -3.44. The second kappa shape index (κ2) is 14.3. The maximum Gasteiger partial charge on any atom is 0.226 e. The predicted molar refractivity (Wildman–Crippen MR) is 165 cm³/mol. The first-order valence-electron chi connectivity index (χ1n) is 13.8. The van der Waals surface area contributed by atoms with Crippen LogP contribution < -0.4 is 26.8 Å². The topological polar surface area (TPSA) is 127 Å². The first-order valence-corrected chi connectivity index (χ1v) is 15.8. The molecule has 0 spiro atoms. The molecule has 3 aromatic rings. The van der Waals surface area contributed by atoms with E-state index in [0.717, 1.165) is 30.5 Å². The van der Waals surface area contributed by atoms with E-state index < -0.39 is 9.84 Å². The van der Waals surface area contributed by atoms with E-state index in [1.54, 1.807) is 25.1 Å². The fourth-order valence-corrected chi connectivity index (χ4v) is 6.45. The molecule has 0 amide bonds. The molecule has 3 rings (SSSR count). The Hall–Kier alpha value is -2.66. The molecule has 8 nitrogen and oxygen atoms in total. The molecule has 216 valence electrons. The predicted octanol–water partition coefficient (Wildman–Crippen LogP) is 3.87. The molecule has 0 aliphatic carbocycles. The number of sulfone groups is 1. The number of hydrogen-bond donors (Lipinski definition) is 3. The summed E-state index contributed by atoms with van der Waals surface area (Å²) in [4.78, 5) is 9.16. The number of aliphatic hydroxyl groups is 1. The van der Waals surface area contributed by atoms with Gasteiger partial charge in [0.05, 0.1) is 40.3 Å². The van der Waals surface area contributed by atoms with E-state index in [0.29, 0.717) is 45.8 Å². The minimum atomic E-state index is -3.59. The second-order valence-corrected chi connectivity index (χ2v) is 12.8. The zero-order chi connectivity index (χ0) is 29.4. The first kappa shape index (κ1) is 31.9. The molecule has 0 saturated carbocycles. The van der Waals surface area contributed by atoms with Gasteiger partial charge in [0.25, 0.3) is 0 Å². The van der Waals surface area contributed by atoms with Crippen molar-refractivity contribution in [3.8, 4) is 5.75 Å². The van der Waals surface area contributed by atoms with Crippen LogP contribution in [0.1, 0.15) is 69.6 Å². The van der Waals surface area contributed by atoms with Crippen molar-refractivity contribution >= 4 is 51.4 Å². The van der Waals surface area contributed by atoms with Gasteiger partial charge in [-0.15, -0.1) is 0 Å². The lowest BCUT2D eigenvalue weighted by Gasteiger charge is -2.23. The van der Waals surface area contributed by atoms with Crippen molar-refractivity contribution in [2.45, 2.75) is 77.4 Å². The van der Waals surface area contributed by atoms with E-state index in [1.807, 2.05) is 19.9 Å². The summed E-state index contributed by atoms with van der Waals surface area (Å²) in [5.74, 6) is 1.27. The summed E-state index contributed by atoms with van der Waals surface area (Å²) in [6.07, 6.45) is 4.46. The fraction of sp³-hybridized carbons (Fsp3) is 0.448. The number of aryl methyl sites for hydroxylation is 1. The monoisotopic (exact) mass is 586 g/mol. The van der Waals surface area contributed by atoms with Crippen LogP contribution in [-0.4, -0.2) is 49.2 Å². The molecule has 0 aliphatic heterocycles. The van der Waals surface area contributed by atoms with Gasteiger partial charge in [0.2, 0.25) is 13.2 Å². The standard InChI is InChI=1S/C29H40BClN4O4S/c1-6-9-20(12-13-32)22-15-26(39-18(3)4)25(14-19(22)5)34-29-33-16-24(31)28(35-29)30-23-11-8-10-21(17-36)27(23)40(37,38)7-2/h8,10-11,14-16,18,20,30,36H,6-7,9,12-13,17,32H2,1-5H3,(H,33,34,35). The van der Waals surface area contributed by atoms with Gasteiger partial charge in [-0.2, -0.15) is 0 Å². The molecule has 1 aromatic heterocycles. The molecule has 40 heavy (non-hydrogen) atoms. The maximum absolute atomic E-state index is 12.9. The van der Waals surface area contributed by atoms with Crippen LogP contribution in [0.15, 0.2) is 41.4 Å². The number of nitrogens with one attached hydrogen (secondary N) is 1. The van der Waals surface area contributed by atoms with Crippen molar-refractivity contribution < 1.29 is 18.3 Å². The van der Waals surface area contributed by atoms with E-state index in [9.17, 15) is 13.5 Å². The van der Waals surface area contributed by atoms with Crippen LogP contribution in [0, 0.1) is 6.92 Å². The lowest BCUT2D eigenvalue weighted by molar-refractivity contribution is 0.243. The van der Waals surface area contributed by atoms with Crippen molar-refractivity contribution in [3.05, 3.63) is 58.2 Å². The van der Waals surface area contributed by atoms with E-state index in [2.05, 4.69) is 35.2 Å². The number of aromatic nitrogens is 2.